The molecule has 1 aliphatic rings. The van der Waals surface area contributed by atoms with Gasteiger partial charge in [-0.25, -0.2) is 4.79 Å². The van der Waals surface area contributed by atoms with Gasteiger partial charge in [0.05, 0.1) is 12.7 Å². The molecular formula is C9H13N3O3. The van der Waals surface area contributed by atoms with Gasteiger partial charge in [0.2, 0.25) is 0 Å². The zero-order valence-electron chi connectivity index (χ0n) is 9.91. The van der Waals surface area contributed by atoms with Gasteiger partial charge >= 0.3 is 5.69 Å². The van der Waals surface area contributed by atoms with Gasteiger partial charge in [0.25, 0.3) is 0 Å². The molecule has 0 spiro atoms. The lowest BCUT2D eigenvalue weighted by molar-refractivity contribution is -0.0245. The molecule has 0 aromatic carbocycles. The first kappa shape index (κ1) is 7.84. The van der Waals surface area contributed by atoms with Crippen LogP contribution in [0.3, 0.4) is 0 Å². The number of aliphatic hydroxyl groups excluding tert-OH is 1. The highest BCUT2D eigenvalue weighted by atomic mass is 16.5. The smallest absolute Gasteiger partial charge is 0.351 e. The summed E-state index contributed by atoms with van der Waals surface area (Å²) in [7, 11) is 0. The third kappa shape index (κ3) is 2.00. The molecule has 6 nitrogen and oxygen atoms in total. The molecule has 82 valence electrons. The van der Waals surface area contributed by atoms with Crippen molar-refractivity contribution in [1.82, 2.24) is 9.55 Å². The summed E-state index contributed by atoms with van der Waals surface area (Å²) < 4.78 is 21.8. The number of rotatable bonds is 2. The number of hydrogen-bond donors (Lipinski definition) is 2. The average molecular weight is 215 g/mol. The Bertz CT molecular complexity index is 467. The van der Waals surface area contributed by atoms with Crippen LogP contribution in [-0.4, -0.2) is 27.4 Å². The maximum atomic E-state index is 11.6. The summed E-state index contributed by atoms with van der Waals surface area (Å²) in [4.78, 5) is 15.1. The van der Waals surface area contributed by atoms with Crippen molar-refractivity contribution in [3.05, 3.63) is 22.7 Å². The predicted octanol–water partition coefficient (Wildman–Crippen LogP) is -0.505. The summed E-state index contributed by atoms with van der Waals surface area (Å²) in [5.74, 6) is 0.0897. The van der Waals surface area contributed by atoms with E-state index in [4.69, 9.17) is 18.3 Å². The highest BCUT2D eigenvalue weighted by molar-refractivity contribution is 5.23. The minimum Gasteiger partial charge on any atom is -0.394 e. The van der Waals surface area contributed by atoms with Crippen LogP contribution < -0.4 is 11.4 Å². The predicted molar refractivity (Wildman–Crippen MR) is 53.1 cm³/mol. The monoisotopic (exact) mass is 215 g/mol. The zero-order valence-corrected chi connectivity index (χ0v) is 7.91. The second-order valence-corrected chi connectivity index (χ2v) is 3.17. The lowest BCUT2D eigenvalue weighted by Gasteiger charge is -2.14. The van der Waals surface area contributed by atoms with E-state index in [9.17, 15) is 4.79 Å². The Morgan fingerprint density at radius 3 is 3.20 bits per heavy atom. The molecule has 0 saturated carbocycles. The van der Waals surface area contributed by atoms with Crippen LogP contribution in [0.1, 0.15) is 21.8 Å². The Morgan fingerprint density at radius 2 is 2.60 bits per heavy atom. The fourth-order valence-electron chi connectivity index (χ4n) is 1.37. The fourth-order valence-corrected chi connectivity index (χ4v) is 1.37. The number of hydrogen-bond acceptors (Lipinski definition) is 5. The second-order valence-electron chi connectivity index (χ2n) is 3.17. The Balaban J connectivity index is 2.32. The quantitative estimate of drug-likeness (QED) is 0.693. The molecular weight excluding hydrogens is 198 g/mol. The number of aliphatic hydroxyl groups is 1. The van der Waals surface area contributed by atoms with Crippen LogP contribution in [0.2, 0.25) is 0 Å². The van der Waals surface area contributed by atoms with E-state index < -0.39 is 30.8 Å². The molecule has 0 radical (unpaired) electrons. The van der Waals surface area contributed by atoms with Crippen molar-refractivity contribution in [1.29, 1.82) is 0 Å². The standard InChI is InChI=1S/C9H13N3O3/c10-7-3-4-12(9(14)11-7)8-2-1-6(5-13)15-8/h3-4,6,8,13H,1-2,5H2,(H2,10,11,14)/t6-,8+/m0/s1/i1T,2T/t1?,2?,6-,8+. The summed E-state index contributed by atoms with van der Waals surface area (Å²) in [6.07, 6.45) is -2.13. The number of anilines is 1. The normalized spacial score (nSPS) is 37.4. The first-order valence-corrected chi connectivity index (χ1v) is 4.50. The van der Waals surface area contributed by atoms with Gasteiger partial charge in [-0.15, -0.1) is 0 Å². The van der Waals surface area contributed by atoms with Crippen molar-refractivity contribution in [3.63, 3.8) is 0 Å². The molecule has 1 aromatic rings. The zero-order chi connectivity index (χ0) is 12.6. The van der Waals surface area contributed by atoms with E-state index in [0.29, 0.717) is 0 Å². The van der Waals surface area contributed by atoms with Crippen LogP contribution in [0, 0.1) is 0 Å². The third-order valence-corrected chi connectivity index (χ3v) is 2.11. The SMILES string of the molecule is [3H]C1C([3H])[C@@H](CO)O[C@H]1n1ccc(N)nc1=O. The van der Waals surface area contributed by atoms with Gasteiger partial charge in [-0.1, -0.05) is 0 Å². The molecule has 1 aliphatic heterocycles. The summed E-state index contributed by atoms with van der Waals surface area (Å²) in [5, 5.41) is 8.98. The Labute approximate surface area is 89.1 Å². The minimum absolute atomic E-state index is 0.0897. The number of nitrogens with zero attached hydrogens (tertiary/aromatic N) is 2. The Kier molecular flexibility index (Phi) is 2.09. The number of ether oxygens (including phenoxy) is 1. The maximum absolute atomic E-state index is 11.6. The van der Waals surface area contributed by atoms with E-state index >= 15 is 0 Å². The van der Waals surface area contributed by atoms with Crippen LogP contribution in [0.15, 0.2) is 17.1 Å². The number of nitrogens with two attached hydrogens (primary N) is 1. The highest BCUT2D eigenvalue weighted by Gasteiger charge is 2.26. The molecule has 15 heavy (non-hydrogen) atoms. The molecule has 6 heteroatoms. The van der Waals surface area contributed by atoms with Crippen molar-refractivity contribution >= 4 is 5.82 Å². The van der Waals surface area contributed by atoms with Crippen molar-refractivity contribution in [2.45, 2.75) is 25.1 Å². The van der Waals surface area contributed by atoms with Gasteiger partial charge in [-0.3, -0.25) is 4.57 Å². The van der Waals surface area contributed by atoms with Gasteiger partial charge in [0, 0.05) is 8.94 Å². The summed E-state index contributed by atoms with van der Waals surface area (Å²) >= 11 is 0. The lowest BCUT2D eigenvalue weighted by atomic mass is 10.2. The van der Waals surface area contributed by atoms with E-state index in [1.807, 2.05) is 0 Å². The van der Waals surface area contributed by atoms with Crippen LogP contribution in [0.4, 0.5) is 5.82 Å². The molecule has 0 amide bonds. The molecule has 2 unspecified atom stereocenters. The molecule has 2 heterocycles. The average Bonchev–Trinajstić information content (AvgIpc) is 2.57. The largest absolute Gasteiger partial charge is 0.394 e. The number of nitrogen functional groups attached to an aromatic ring is 1. The topological polar surface area (TPSA) is 90.4 Å². The van der Waals surface area contributed by atoms with Crippen molar-refractivity contribution in [2.24, 2.45) is 0 Å². The maximum Gasteiger partial charge on any atom is 0.351 e. The first-order chi connectivity index (χ1) is 8.04. The summed E-state index contributed by atoms with van der Waals surface area (Å²) in [6.45, 7) is -0.350. The van der Waals surface area contributed by atoms with Crippen molar-refractivity contribution in [2.75, 3.05) is 12.3 Å². The molecule has 4 atom stereocenters. The summed E-state index contributed by atoms with van der Waals surface area (Å²) in [6, 6.07) is 1.42. The van der Waals surface area contributed by atoms with Crippen LogP contribution >= 0.6 is 0 Å². The van der Waals surface area contributed by atoms with Gasteiger partial charge in [0.15, 0.2) is 0 Å². The fraction of sp³-hybridized carbons (Fsp3) is 0.556. The van der Waals surface area contributed by atoms with E-state index in [1.165, 1.54) is 12.3 Å². The van der Waals surface area contributed by atoms with E-state index in [1.54, 1.807) is 0 Å². The third-order valence-electron chi connectivity index (χ3n) is 2.11. The van der Waals surface area contributed by atoms with Gasteiger partial charge in [0.1, 0.15) is 12.0 Å². The van der Waals surface area contributed by atoms with E-state index in [0.717, 1.165) is 4.57 Å². The van der Waals surface area contributed by atoms with Crippen LogP contribution in [0.5, 0.6) is 0 Å². The molecule has 1 saturated heterocycles. The van der Waals surface area contributed by atoms with Crippen molar-refractivity contribution in [3.8, 4) is 0 Å². The summed E-state index contributed by atoms with van der Waals surface area (Å²) in [5.41, 5.74) is 4.73. The van der Waals surface area contributed by atoms with Crippen LogP contribution in [0.25, 0.3) is 0 Å². The van der Waals surface area contributed by atoms with Crippen molar-refractivity contribution < 1.29 is 12.6 Å². The van der Waals surface area contributed by atoms with Gasteiger partial charge in [-0.05, 0) is 18.9 Å². The van der Waals surface area contributed by atoms with Gasteiger partial charge in [-0.2, -0.15) is 4.98 Å². The molecule has 0 bridgehead atoms. The number of aromatic nitrogens is 2. The lowest BCUT2D eigenvalue weighted by Crippen LogP contribution is -2.27. The van der Waals surface area contributed by atoms with E-state index in [-0.39, 0.29) is 12.4 Å². The Morgan fingerprint density at radius 1 is 1.80 bits per heavy atom. The van der Waals surface area contributed by atoms with Gasteiger partial charge < -0.3 is 15.6 Å². The van der Waals surface area contributed by atoms with E-state index in [2.05, 4.69) is 4.98 Å². The highest BCUT2D eigenvalue weighted by Crippen LogP contribution is 2.26. The molecule has 1 fully saturated rings. The second kappa shape index (κ2) is 4.00. The van der Waals surface area contributed by atoms with Crippen LogP contribution in [-0.2, 0) is 4.74 Å². The molecule has 1 aromatic heterocycles. The molecule has 0 aliphatic carbocycles. The minimum atomic E-state index is -0.949. The molecule has 2 rings (SSSR count). The first-order valence-electron chi connectivity index (χ1n) is 5.65. The Hall–Kier alpha value is -1.40. The molecule has 3 N–H and O–H groups in total.